The van der Waals surface area contributed by atoms with Gasteiger partial charge in [0.15, 0.2) is 0 Å². The molecule has 0 saturated carbocycles. The van der Waals surface area contributed by atoms with Crippen molar-refractivity contribution in [1.29, 1.82) is 0 Å². The molecular formula is C16H20N2O5. The van der Waals surface area contributed by atoms with Crippen LogP contribution in [0.5, 0.6) is 0 Å². The van der Waals surface area contributed by atoms with Gasteiger partial charge in [-0.2, -0.15) is 0 Å². The van der Waals surface area contributed by atoms with Crippen LogP contribution in [0.4, 0.5) is 10.5 Å². The standard InChI is InChI=1S/C16H20N2O5/c1-15(2,3)23-14(19)17-8-7-16(13(10-17)22-16)11-5-4-6-12(9-11)18(20)21/h4-6,9,13H,7-8,10H2,1-3H3/t13-,16-/m1/s1. The molecule has 2 atom stereocenters. The van der Waals surface area contributed by atoms with Gasteiger partial charge in [0.2, 0.25) is 0 Å². The van der Waals surface area contributed by atoms with Crippen molar-refractivity contribution < 1.29 is 19.2 Å². The van der Waals surface area contributed by atoms with E-state index in [1.165, 1.54) is 6.07 Å². The summed E-state index contributed by atoms with van der Waals surface area (Å²) in [4.78, 5) is 24.3. The lowest BCUT2D eigenvalue weighted by Crippen LogP contribution is -2.44. The number of rotatable bonds is 2. The monoisotopic (exact) mass is 320 g/mol. The highest BCUT2D eigenvalue weighted by molar-refractivity contribution is 5.68. The van der Waals surface area contributed by atoms with E-state index in [9.17, 15) is 14.9 Å². The van der Waals surface area contributed by atoms with Crippen LogP contribution >= 0.6 is 0 Å². The summed E-state index contributed by atoms with van der Waals surface area (Å²) in [6, 6.07) is 6.54. The van der Waals surface area contributed by atoms with Crippen molar-refractivity contribution in [3.8, 4) is 0 Å². The molecule has 1 aromatic carbocycles. The molecule has 0 bridgehead atoms. The van der Waals surface area contributed by atoms with Gasteiger partial charge < -0.3 is 14.4 Å². The summed E-state index contributed by atoms with van der Waals surface area (Å²) in [6.45, 7) is 6.44. The second-order valence-electron chi connectivity index (χ2n) is 6.98. The molecule has 7 heteroatoms. The molecule has 2 aliphatic heterocycles. The second-order valence-corrected chi connectivity index (χ2v) is 6.98. The van der Waals surface area contributed by atoms with E-state index in [1.54, 1.807) is 17.0 Å². The molecule has 3 rings (SSSR count). The summed E-state index contributed by atoms with van der Waals surface area (Å²) in [5, 5.41) is 10.9. The van der Waals surface area contributed by atoms with Crippen molar-refractivity contribution >= 4 is 11.8 Å². The summed E-state index contributed by atoms with van der Waals surface area (Å²) in [5.74, 6) is 0. The predicted molar refractivity (Wildman–Crippen MR) is 82.1 cm³/mol. The highest BCUT2D eigenvalue weighted by Gasteiger charge is 2.61. The van der Waals surface area contributed by atoms with Crippen molar-refractivity contribution in [3.63, 3.8) is 0 Å². The third-order valence-electron chi connectivity index (χ3n) is 4.15. The maximum Gasteiger partial charge on any atom is 0.410 e. The second kappa shape index (κ2) is 5.19. The zero-order valence-electron chi connectivity index (χ0n) is 13.4. The van der Waals surface area contributed by atoms with Crippen LogP contribution in [-0.4, -0.2) is 40.7 Å². The third kappa shape index (κ3) is 3.01. The molecule has 7 nitrogen and oxygen atoms in total. The summed E-state index contributed by atoms with van der Waals surface area (Å²) in [7, 11) is 0. The third-order valence-corrected chi connectivity index (χ3v) is 4.15. The van der Waals surface area contributed by atoms with Gasteiger partial charge in [0.05, 0.1) is 11.5 Å². The lowest BCUT2D eigenvalue weighted by molar-refractivity contribution is -0.385. The van der Waals surface area contributed by atoms with Crippen LogP contribution in [0.15, 0.2) is 24.3 Å². The summed E-state index contributed by atoms with van der Waals surface area (Å²) >= 11 is 0. The number of non-ortho nitro benzene ring substituents is 1. The van der Waals surface area contributed by atoms with Gasteiger partial charge in [-0.3, -0.25) is 10.1 Å². The fourth-order valence-corrected chi connectivity index (χ4v) is 2.99. The number of fused-ring (bicyclic) bond motifs is 1. The number of carbonyl (C=O) groups is 1. The summed E-state index contributed by atoms with van der Waals surface area (Å²) in [5.41, 5.74) is -0.165. The van der Waals surface area contributed by atoms with Gasteiger partial charge in [0.1, 0.15) is 17.3 Å². The topological polar surface area (TPSA) is 85.2 Å². The Hall–Kier alpha value is -2.15. The number of likely N-dealkylation sites (tertiary alicyclic amines) is 1. The first-order valence-electron chi connectivity index (χ1n) is 7.62. The Balaban J connectivity index is 1.70. The molecule has 0 aliphatic carbocycles. The van der Waals surface area contributed by atoms with E-state index in [0.717, 1.165) is 5.56 Å². The summed E-state index contributed by atoms with van der Waals surface area (Å²) in [6.07, 6.45) is 0.129. The molecule has 0 spiro atoms. The average Bonchev–Trinajstić information content (AvgIpc) is 3.20. The zero-order valence-corrected chi connectivity index (χ0v) is 13.4. The van der Waals surface area contributed by atoms with E-state index in [4.69, 9.17) is 9.47 Å². The van der Waals surface area contributed by atoms with Crippen LogP contribution in [0.25, 0.3) is 0 Å². The number of nitrogens with zero attached hydrogens (tertiary/aromatic N) is 2. The lowest BCUT2D eigenvalue weighted by Gasteiger charge is -2.31. The number of amides is 1. The number of nitro groups is 1. The van der Waals surface area contributed by atoms with Crippen LogP contribution < -0.4 is 0 Å². The molecular weight excluding hydrogens is 300 g/mol. The minimum atomic E-state index is -0.532. The van der Waals surface area contributed by atoms with Gasteiger partial charge >= 0.3 is 6.09 Å². The van der Waals surface area contributed by atoms with Crippen LogP contribution in [0, 0.1) is 10.1 Å². The number of carbonyl (C=O) groups excluding carboxylic acids is 1. The minimum absolute atomic E-state index is 0.0562. The smallest absolute Gasteiger partial charge is 0.410 e. The van der Waals surface area contributed by atoms with Gasteiger partial charge in [-0.1, -0.05) is 12.1 Å². The fourth-order valence-electron chi connectivity index (χ4n) is 2.99. The van der Waals surface area contributed by atoms with E-state index in [0.29, 0.717) is 19.5 Å². The minimum Gasteiger partial charge on any atom is -0.444 e. The highest BCUT2D eigenvalue weighted by Crippen LogP contribution is 2.52. The number of hydrogen-bond donors (Lipinski definition) is 0. The van der Waals surface area contributed by atoms with E-state index in [2.05, 4.69) is 0 Å². The largest absolute Gasteiger partial charge is 0.444 e. The highest BCUT2D eigenvalue weighted by atomic mass is 16.6. The quantitative estimate of drug-likeness (QED) is 0.475. The van der Waals surface area contributed by atoms with E-state index >= 15 is 0 Å². The SMILES string of the molecule is CC(C)(C)OC(=O)N1CC[C@]2(c3cccc([N+](=O)[O-])c3)O[C@@H]2C1. The van der Waals surface area contributed by atoms with Crippen LogP contribution in [0.1, 0.15) is 32.8 Å². The number of epoxide rings is 1. The Labute approximate surface area is 134 Å². The van der Waals surface area contributed by atoms with Gasteiger partial charge in [0, 0.05) is 25.1 Å². The van der Waals surface area contributed by atoms with Crippen LogP contribution in [-0.2, 0) is 15.1 Å². The molecule has 2 heterocycles. The molecule has 23 heavy (non-hydrogen) atoms. The van der Waals surface area contributed by atoms with E-state index in [-0.39, 0.29) is 17.9 Å². The first-order chi connectivity index (χ1) is 10.7. The molecule has 2 saturated heterocycles. The fraction of sp³-hybridized carbons (Fsp3) is 0.562. The van der Waals surface area contributed by atoms with Gasteiger partial charge in [0.25, 0.3) is 5.69 Å². The van der Waals surface area contributed by atoms with Crippen LogP contribution in [0.2, 0.25) is 0 Å². The Morgan fingerprint density at radius 2 is 2.22 bits per heavy atom. The molecule has 2 fully saturated rings. The Morgan fingerprint density at radius 3 is 2.83 bits per heavy atom. The number of hydrogen-bond acceptors (Lipinski definition) is 5. The first-order valence-corrected chi connectivity index (χ1v) is 7.62. The summed E-state index contributed by atoms with van der Waals surface area (Å²) < 4.78 is 11.2. The number of benzene rings is 1. The molecule has 0 aromatic heterocycles. The van der Waals surface area contributed by atoms with Gasteiger partial charge in [-0.25, -0.2) is 4.79 Å². The number of piperidine rings is 1. The maximum atomic E-state index is 12.1. The molecule has 0 unspecified atom stereocenters. The Bertz CT molecular complexity index is 654. The molecule has 2 aliphatic rings. The Kier molecular flexibility index (Phi) is 3.55. The molecule has 0 N–H and O–H groups in total. The van der Waals surface area contributed by atoms with Crippen molar-refractivity contribution in [2.24, 2.45) is 0 Å². The zero-order chi connectivity index (χ0) is 16.8. The first kappa shape index (κ1) is 15.7. The predicted octanol–water partition coefficient (Wildman–Crippen LogP) is 2.83. The molecule has 124 valence electrons. The van der Waals surface area contributed by atoms with E-state index < -0.39 is 16.1 Å². The van der Waals surface area contributed by atoms with Crippen molar-refractivity contribution in [3.05, 3.63) is 39.9 Å². The lowest BCUT2D eigenvalue weighted by atomic mass is 9.89. The van der Waals surface area contributed by atoms with Crippen molar-refractivity contribution in [2.45, 2.75) is 44.5 Å². The Morgan fingerprint density at radius 1 is 1.48 bits per heavy atom. The van der Waals surface area contributed by atoms with Gasteiger partial charge in [-0.15, -0.1) is 0 Å². The van der Waals surface area contributed by atoms with Gasteiger partial charge in [-0.05, 0) is 26.3 Å². The molecule has 0 radical (unpaired) electrons. The maximum absolute atomic E-state index is 12.1. The average molecular weight is 320 g/mol. The van der Waals surface area contributed by atoms with Crippen molar-refractivity contribution in [1.82, 2.24) is 4.90 Å². The normalized spacial score (nSPS) is 26.4. The molecule has 1 aromatic rings. The van der Waals surface area contributed by atoms with Crippen molar-refractivity contribution in [2.75, 3.05) is 13.1 Å². The number of ether oxygens (including phenoxy) is 2. The number of nitro benzene ring substituents is 1. The van der Waals surface area contributed by atoms with E-state index in [1.807, 2.05) is 26.8 Å². The van der Waals surface area contributed by atoms with Crippen LogP contribution in [0.3, 0.4) is 0 Å². The molecule has 1 amide bonds.